The predicted octanol–water partition coefficient (Wildman–Crippen LogP) is 6.01. The number of carboxylic acid groups (broad SMARTS) is 1. The zero-order valence-electron chi connectivity index (χ0n) is 30.9. The number of nitrogens with zero attached hydrogens (tertiary/aromatic N) is 5. The number of carbonyl (C=O) groups is 2. The van der Waals surface area contributed by atoms with Crippen LogP contribution in [-0.4, -0.2) is 88.0 Å². The summed E-state index contributed by atoms with van der Waals surface area (Å²) in [6.07, 6.45) is 9.85. The molecule has 4 rings (SSSR count). The molecular weight excluding hydrogens is 678 g/mol. The van der Waals surface area contributed by atoms with E-state index in [0.29, 0.717) is 76.3 Å². The van der Waals surface area contributed by atoms with Crippen LogP contribution in [0.25, 0.3) is 11.5 Å². The van der Waals surface area contributed by atoms with Gasteiger partial charge >= 0.3 is 5.97 Å². The molecule has 0 radical (unpaired) electrons. The molecule has 2 aromatic heterocycles. The van der Waals surface area contributed by atoms with E-state index in [1.54, 1.807) is 18.3 Å². The van der Waals surface area contributed by atoms with Gasteiger partial charge in [-0.1, -0.05) is 31.0 Å². The number of aliphatic carboxylic acids is 1. The van der Waals surface area contributed by atoms with Gasteiger partial charge in [0.2, 0.25) is 0 Å². The standard InChI is InChI=1S/C39H53N7O7/c1-30(43-39(49)32-13-10-14-33(26-32)41-28-36-44-45-38(46(36)2)35-17-18-40-29-42-35)31-12-11-15-34(27-31)53-21-9-4-3-7-19-50-22-24-52-25-23-51-20-8-5-6-16-37(47)48/h10-15,17-18,26-27,29-30,41H,3-9,16,19-25,28H2,1-2H3,(H,43,49)(H,47,48). The lowest BCUT2D eigenvalue weighted by molar-refractivity contribution is -0.137. The lowest BCUT2D eigenvalue weighted by Gasteiger charge is -2.16. The Labute approximate surface area is 311 Å². The molecular formula is C39H53N7O7. The summed E-state index contributed by atoms with van der Waals surface area (Å²) < 4.78 is 24.6. The number of amides is 1. The van der Waals surface area contributed by atoms with Gasteiger partial charge in [0.1, 0.15) is 17.8 Å². The molecule has 0 aliphatic rings. The molecule has 0 saturated heterocycles. The van der Waals surface area contributed by atoms with Crippen molar-refractivity contribution in [3.8, 4) is 17.3 Å². The topological polar surface area (TPSA) is 172 Å². The first kappa shape index (κ1) is 40.8. The van der Waals surface area contributed by atoms with E-state index in [9.17, 15) is 9.59 Å². The van der Waals surface area contributed by atoms with Gasteiger partial charge < -0.3 is 39.3 Å². The van der Waals surface area contributed by atoms with Gasteiger partial charge in [0.25, 0.3) is 5.91 Å². The zero-order valence-corrected chi connectivity index (χ0v) is 30.9. The number of rotatable bonds is 27. The fourth-order valence-electron chi connectivity index (χ4n) is 5.40. The van der Waals surface area contributed by atoms with Crippen molar-refractivity contribution in [3.63, 3.8) is 0 Å². The number of unbranched alkanes of at least 4 members (excludes halogenated alkanes) is 5. The molecule has 3 N–H and O–H groups in total. The monoisotopic (exact) mass is 731 g/mol. The molecule has 4 aromatic rings. The van der Waals surface area contributed by atoms with Gasteiger partial charge in [-0.3, -0.25) is 9.59 Å². The van der Waals surface area contributed by atoms with Gasteiger partial charge in [0, 0.05) is 44.1 Å². The van der Waals surface area contributed by atoms with Crippen molar-refractivity contribution in [2.24, 2.45) is 7.05 Å². The van der Waals surface area contributed by atoms with Gasteiger partial charge in [-0.25, -0.2) is 9.97 Å². The Kier molecular flexibility index (Phi) is 18.2. The number of nitrogens with one attached hydrogen (secondary N) is 2. The summed E-state index contributed by atoms with van der Waals surface area (Å²) in [6.45, 7) is 6.53. The van der Waals surface area contributed by atoms with Crippen molar-refractivity contribution in [2.45, 2.75) is 70.9 Å². The van der Waals surface area contributed by atoms with Crippen molar-refractivity contribution in [1.82, 2.24) is 30.0 Å². The summed E-state index contributed by atoms with van der Waals surface area (Å²) >= 11 is 0. The smallest absolute Gasteiger partial charge is 0.303 e. The van der Waals surface area contributed by atoms with Crippen molar-refractivity contribution in [3.05, 3.63) is 84.1 Å². The minimum Gasteiger partial charge on any atom is -0.494 e. The van der Waals surface area contributed by atoms with Gasteiger partial charge in [-0.2, -0.15) is 0 Å². The molecule has 2 heterocycles. The van der Waals surface area contributed by atoms with Crippen LogP contribution in [0.5, 0.6) is 5.75 Å². The Balaban J connectivity index is 1.04. The number of hydrogen-bond acceptors (Lipinski definition) is 11. The SMILES string of the molecule is CC(NC(=O)c1cccc(NCc2nnc(-c3ccncn3)n2C)c1)c1cccc(OCCCCCCOCCOCCOCCCCCC(=O)O)c1. The number of anilines is 1. The Morgan fingerprint density at radius 3 is 2.23 bits per heavy atom. The third-order valence-electron chi connectivity index (χ3n) is 8.43. The second-order valence-electron chi connectivity index (χ2n) is 12.6. The fraction of sp³-hybridized carbons (Fsp3) is 0.487. The van der Waals surface area contributed by atoms with Gasteiger partial charge in [-0.05, 0) is 81.0 Å². The molecule has 53 heavy (non-hydrogen) atoms. The highest BCUT2D eigenvalue weighted by Gasteiger charge is 2.14. The number of hydrogen-bond donors (Lipinski definition) is 3. The number of benzene rings is 2. The second kappa shape index (κ2) is 23.6. The van der Waals surface area contributed by atoms with E-state index < -0.39 is 5.97 Å². The Morgan fingerprint density at radius 1 is 0.811 bits per heavy atom. The largest absolute Gasteiger partial charge is 0.494 e. The van der Waals surface area contributed by atoms with Crippen molar-refractivity contribution in [1.29, 1.82) is 0 Å². The molecule has 0 saturated carbocycles. The molecule has 0 aliphatic heterocycles. The van der Waals surface area contributed by atoms with Gasteiger partial charge in [0.05, 0.1) is 45.6 Å². The number of aromatic nitrogens is 5. The van der Waals surface area contributed by atoms with Crippen LogP contribution >= 0.6 is 0 Å². The number of carbonyl (C=O) groups excluding carboxylic acids is 1. The van der Waals surface area contributed by atoms with E-state index in [1.807, 2.05) is 61.0 Å². The van der Waals surface area contributed by atoms with E-state index in [-0.39, 0.29) is 18.4 Å². The van der Waals surface area contributed by atoms with Gasteiger partial charge in [0.15, 0.2) is 11.6 Å². The number of carboxylic acids is 1. The molecule has 14 heteroatoms. The molecule has 2 aromatic carbocycles. The van der Waals surface area contributed by atoms with Crippen molar-refractivity contribution >= 4 is 17.6 Å². The summed E-state index contributed by atoms with van der Waals surface area (Å²) in [4.78, 5) is 31.9. The van der Waals surface area contributed by atoms with E-state index in [2.05, 4.69) is 30.8 Å². The van der Waals surface area contributed by atoms with E-state index in [1.165, 1.54) is 6.33 Å². The lowest BCUT2D eigenvalue weighted by atomic mass is 10.1. The predicted molar refractivity (Wildman–Crippen MR) is 201 cm³/mol. The second-order valence-corrected chi connectivity index (χ2v) is 12.6. The van der Waals surface area contributed by atoms with Crippen LogP contribution in [0.2, 0.25) is 0 Å². The van der Waals surface area contributed by atoms with Crippen molar-refractivity contribution < 1.29 is 33.6 Å². The van der Waals surface area contributed by atoms with E-state index in [4.69, 9.17) is 24.1 Å². The van der Waals surface area contributed by atoms with Crippen LogP contribution in [0.3, 0.4) is 0 Å². The Bertz CT molecular complexity index is 1650. The molecule has 14 nitrogen and oxygen atoms in total. The molecule has 0 bridgehead atoms. The minimum atomic E-state index is -0.748. The normalized spacial score (nSPS) is 11.7. The van der Waals surface area contributed by atoms with Crippen LogP contribution < -0.4 is 15.4 Å². The maximum Gasteiger partial charge on any atom is 0.303 e. The maximum atomic E-state index is 13.2. The van der Waals surface area contributed by atoms with Crippen LogP contribution in [0.4, 0.5) is 5.69 Å². The molecule has 0 aliphatic carbocycles. The quantitative estimate of drug-likeness (QED) is 0.0611. The summed E-state index contributed by atoms with van der Waals surface area (Å²) in [6, 6.07) is 16.8. The highest BCUT2D eigenvalue weighted by Crippen LogP contribution is 2.21. The Hall–Kier alpha value is -4.92. The minimum absolute atomic E-state index is 0.169. The van der Waals surface area contributed by atoms with E-state index in [0.717, 1.165) is 61.3 Å². The highest BCUT2D eigenvalue weighted by atomic mass is 16.5. The fourth-order valence-corrected chi connectivity index (χ4v) is 5.40. The Morgan fingerprint density at radius 2 is 1.51 bits per heavy atom. The maximum absolute atomic E-state index is 13.2. The number of ether oxygens (including phenoxy) is 4. The van der Waals surface area contributed by atoms with Crippen LogP contribution in [0.15, 0.2) is 67.1 Å². The molecule has 1 amide bonds. The highest BCUT2D eigenvalue weighted by molar-refractivity contribution is 5.95. The lowest BCUT2D eigenvalue weighted by Crippen LogP contribution is -2.26. The van der Waals surface area contributed by atoms with Gasteiger partial charge in [-0.15, -0.1) is 10.2 Å². The molecule has 0 spiro atoms. The molecule has 286 valence electrons. The third kappa shape index (κ3) is 15.3. The van der Waals surface area contributed by atoms with Crippen LogP contribution in [0, 0.1) is 0 Å². The zero-order chi connectivity index (χ0) is 37.5. The summed E-state index contributed by atoms with van der Waals surface area (Å²) in [7, 11) is 1.89. The molecule has 1 atom stereocenters. The van der Waals surface area contributed by atoms with Crippen LogP contribution in [0.1, 0.15) is 86.1 Å². The van der Waals surface area contributed by atoms with E-state index >= 15 is 0 Å². The summed E-state index contributed by atoms with van der Waals surface area (Å²) in [5, 5.41) is 23.6. The first-order valence-electron chi connectivity index (χ1n) is 18.4. The molecule has 0 fully saturated rings. The average molecular weight is 732 g/mol. The first-order chi connectivity index (χ1) is 25.9. The van der Waals surface area contributed by atoms with Crippen molar-refractivity contribution in [2.75, 3.05) is 51.6 Å². The third-order valence-corrected chi connectivity index (χ3v) is 8.43. The average Bonchev–Trinajstić information content (AvgIpc) is 3.54. The summed E-state index contributed by atoms with van der Waals surface area (Å²) in [5.74, 6) is 1.25. The molecule has 1 unspecified atom stereocenters. The van der Waals surface area contributed by atoms with Crippen LogP contribution in [-0.2, 0) is 32.6 Å². The summed E-state index contributed by atoms with van der Waals surface area (Å²) in [5.41, 5.74) is 3.00. The first-order valence-corrected chi connectivity index (χ1v) is 18.4.